The summed E-state index contributed by atoms with van der Waals surface area (Å²) < 4.78 is 1.18. The van der Waals surface area contributed by atoms with Crippen molar-refractivity contribution in [2.24, 2.45) is 5.92 Å². The quantitative estimate of drug-likeness (QED) is 0.899. The molecule has 2 rings (SSSR count). The van der Waals surface area contributed by atoms with Gasteiger partial charge in [0.1, 0.15) is 0 Å². The normalized spacial score (nSPS) is 11.8. The highest BCUT2D eigenvalue weighted by Crippen LogP contribution is 2.25. The molecule has 1 aromatic carbocycles. The number of fused-ring (bicyclic) bond motifs is 1. The number of rotatable bonds is 5. The fraction of sp³-hybridized carbons (Fsp3) is 0.500. The molecule has 3 nitrogen and oxygen atoms in total. The van der Waals surface area contributed by atoms with Gasteiger partial charge in [-0.1, -0.05) is 31.3 Å². The lowest BCUT2D eigenvalue weighted by Crippen LogP contribution is -2.20. The van der Waals surface area contributed by atoms with Gasteiger partial charge < -0.3 is 10.6 Å². The molecule has 2 N–H and O–H groups in total. The molecule has 0 unspecified atom stereocenters. The van der Waals surface area contributed by atoms with Crippen LogP contribution in [-0.4, -0.2) is 23.5 Å². The number of nitrogens with zero attached hydrogens (tertiary/aromatic N) is 2. The lowest BCUT2D eigenvalue weighted by molar-refractivity contribution is 0.303. The van der Waals surface area contributed by atoms with Crippen LogP contribution in [0.4, 0.5) is 5.13 Å². The number of nitrogens with two attached hydrogens (primary N) is 1. The minimum Gasteiger partial charge on any atom is -0.375 e. The van der Waals surface area contributed by atoms with Crippen molar-refractivity contribution in [3.8, 4) is 0 Å². The van der Waals surface area contributed by atoms with Crippen LogP contribution in [-0.2, 0) is 6.54 Å². The number of hydrogen-bond acceptors (Lipinski definition) is 4. The molecule has 0 radical (unpaired) electrons. The molecule has 0 fully saturated rings. The fourth-order valence-electron chi connectivity index (χ4n) is 1.95. The van der Waals surface area contributed by atoms with E-state index in [0.717, 1.165) is 24.5 Å². The van der Waals surface area contributed by atoms with E-state index in [9.17, 15) is 0 Å². The van der Waals surface area contributed by atoms with E-state index in [2.05, 4.69) is 49.0 Å². The lowest BCUT2D eigenvalue weighted by atomic mass is 10.1. The summed E-state index contributed by atoms with van der Waals surface area (Å²) in [5.41, 5.74) is 8.06. The largest absolute Gasteiger partial charge is 0.375 e. The minimum atomic E-state index is 0.648. The number of nitrogen functional groups attached to an aromatic ring is 1. The van der Waals surface area contributed by atoms with Crippen molar-refractivity contribution in [2.45, 2.75) is 26.8 Å². The van der Waals surface area contributed by atoms with Gasteiger partial charge in [0, 0.05) is 6.54 Å². The molecular weight excluding hydrogens is 242 g/mol. The van der Waals surface area contributed by atoms with Gasteiger partial charge >= 0.3 is 0 Å². The minimum absolute atomic E-state index is 0.648. The molecule has 0 aliphatic carbocycles. The Kier molecular flexibility index (Phi) is 4.19. The zero-order valence-electron chi connectivity index (χ0n) is 11.3. The number of benzene rings is 1. The molecule has 4 heteroatoms. The van der Waals surface area contributed by atoms with Crippen LogP contribution in [0.2, 0.25) is 0 Å². The van der Waals surface area contributed by atoms with Gasteiger partial charge in [0.15, 0.2) is 5.13 Å². The predicted octanol–water partition coefficient (Wildman–Crippen LogP) is 3.36. The van der Waals surface area contributed by atoms with Crippen molar-refractivity contribution in [1.82, 2.24) is 9.88 Å². The molecule has 18 heavy (non-hydrogen) atoms. The second-order valence-electron chi connectivity index (χ2n) is 5.27. The molecule has 0 spiro atoms. The zero-order chi connectivity index (χ0) is 13.1. The van der Waals surface area contributed by atoms with Gasteiger partial charge in [-0.2, -0.15) is 0 Å². The van der Waals surface area contributed by atoms with Crippen molar-refractivity contribution in [3.05, 3.63) is 23.8 Å². The average molecular weight is 263 g/mol. The van der Waals surface area contributed by atoms with Gasteiger partial charge in [0.05, 0.1) is 10.2 Å². The van der Waals surface area contributed by atoms with Gasteiger partial charge in [-0.05, 0) is 43.6 Å². The molecule has 0 saturated carbocycles. The SMILES string of the molecule is CC(C)CCN(C)Cc1ccc2nc(N)sc2c1. The van der Waals surface area contributed by atoms with Crippen LogP contribution >= 0.6 is 11.3 Å². The first-order chi connectivity index (χ1) is 8.54. The Morgan fingerprint density at radius 3 is 2.89 bits per heavy atom. The number of hydrogen-bond donors (Lipinski definition) is 1. The highest BCUT2D eigenvalue weighted by molar-refractivity contribution is 7.22. The monoisotopic (exact) mass is 263 g/mol. The Labute approximate surface area is 113 Å². The molecule has 0 atom stereocenters. The highest BCUT2D eigenvalue weighted by Gasteiger charge is 2.05. The summed E-state index contributed by atoms with van der Waals surface area (Å²) in [6.45, 7) is 6.65. The first-order valence-corrected chi connectivity index (χ1v) is 7.19. The third-order valence-electron chi connectivity index (χ3n) is 3.01. The van der Waals surface area contributed by atoms with E-state index in [1.54, 1.807) is 11.3 Å². The van der Waals surface area contributed by atoms with Crippen LogP contribution in [0, 0.1) is 5.92 Å². The van der Waals surface area contributed by atoms with E-state index in [-0.39, 0.29) is 0 Å². The van der Waals surface area contributed by atoms with Crippen LogP contribution < -0.4 is 5.73 Å². The highest BCUT2D eigenvalue weighted by atomic mass is 32.1. The molecule has 2 aromatic rings. The van der Waals surface area contributed by atoms with Crippen molar-refractivity contribution >= 4 is 26.7 Å². The van der Waals surface area contributed by atoms with Crippen LogP contribution in [0.15, 0.2) is 18.2 Å². The van der Waals surface area contributed by atoms with Crippen LogP contribution in [0.1, 0.15) is 25.8 Å². The molecule has 98 valence electrons. The summed E-state index contributed by atoms with van der Waals surface area (Å²) in [5.74, 6) is 0.760. The van der Waals surface area contributed by atoms with Crippen molar-refractivity contribution in [2.75, 3.05) is 19.3 Å². The summed E-state index contributed by atoms with van der Waals surface area (Å²) in [6, 6.07) is 6.41. The van der Waals surface area contributed by atoms with Crippen molar-refractivity contribution in [3.63, 3.8) is 0 Å². The predicted molar refractivity (Wildman–Crippen MR) is 79.8 cm³/mol. The maximum absolute atomic E-state index is 5.72. The van der Waals surface area contributed by atoms with Crippen LogP contribution in [0.5, 0.6) is 0 Å². The Morgan fingerprint density at radius 2 is 2.17 bits per heavy atom. The first-order valence-electron chi connectivity index (χ1n) is 6.38. The molecule has 0 bridgehead atoms. The van der Waals surface area contributed by atoms with E-state index in [0.29, 0.717) is 5.13 Å². The Morgan fingerprint density at radius 1 is 1.39 bits per heavy atom. The van der Waals surface area contributed by atoms with E-state index >= 15 is 0 Å². The first kappa shape index (κ1) is 13.3. The maximum atomic E-state index is 5.72. The topological polar surface area (TPSA) is 42.2 Å². The van der Waals surface area contributed by atoms with Gasteiger partial charge in [-0.3, -0.25) is 0 Å². The van der Waals surface area contributed by atoms with Crippen LogP contribution in [0.25, 0.3) is 10.2 Å². The number of thiazole rings is 1. The lowest BCUT2D eigenvalue weighted by Gasteiger charge is -2.17. The third kappa shape index (κ3) is 3.43. The van der Waals surface area contributed by atoms with Crippen molar-refractivity contribution < 1.29 is 0 Å². The smallest absolute Gasteiger partial charge is 0.181 e. The molecule has 0 saturated heterocycles. The van der Waals surface area contributed by atoms with E-state index < -0.39 is 0 Å². The molecule has 0 amide bonds. The summed E-state index contributed by atoms with van der Waals surface area (Å²) in [4.78, 5) is 6.64. The Bertz CT molecular complexity index is 519. The second-order valence-corrected chi connectivity index (χ2v) is 6.34. The Hall–Kier alpha value is -1.13. The van der Waals surface area contributed by atoms with E-state index in [1.807, 2.05) is 0 Å². The van der Waals surface area contributed by atoms with Crippen molar-refractivity contribution in [1.29, 1.82) is 0 Å². The molecule has 0 aliphatic heterocycles. The number of aromatic nitrogens is 1. The molecular formula is C14H21N3S. The van der Waals surface area contributed by atoms with E-state index in [1.165, 1.54) is 16.7 Å². The Balaban J connectivity index is 2.02. The standard InChI is InChI=1S/C14H21N3S/c1-10(2)6-7-17(3)9-11-4-5-12-13(8-11)18-14(15)16-12/h4-5,8,10H,6-7,9H2,1-3H3,(H2,15,16). The fourth-order valence-corrected chi connectivity index (χ4v) is 2.75. The third-order valence-corrected chi connectivity index (χ3v) is 3.86. The van der Waals surface area contributed by atoms with Gasteiger partial charge in [-0.15, -0.1) is 0 Å². The molecule has 1 heterocycles. The average Bonchev–Trinajstić information content (AvgIpc) is 2.66. The summed E-state index contributed by atoms with van der Waals surface area (Å²) in [6.07, 6.45) is 1.24. The second kappa shape index (κ2) is 5.67. The zero-order valence-corrected chi connectivity index (χ0v) is 12.1. The van der Waals surface area contributed by atoms with E-state index in [4.69, 9.17) is 5.73 Å². The maximum Gasteiger partial charge on any atom is 0.181 e. The van der Waals surface area contributed by atoms with Gasteiger partial charge in [-0.25, -0.2) is 4.98 Å². The van der Waals surface area contributed by atoms with Gasteiger partial charge in [0.25, 0.3) is 0 Å². The molecule has 0 aliphatic rings. The summed E-state index contributed by atoms with van der Waals surface area (Å²) >= 11 is 1.56. The van der Waals surface area contributed by atoms with Gasteiger partial charge in [0.2, 0.25) is 0 Å². The molecule has 1 aromatic heterocycles. The summed E-state index contributed by atoms with van der Waals surface area (Å²) in [5, 5.41) is 0.648. The summed E-state index contributed by atoms with van der Waals surface area (Å²) in [7, 11) is 2.17. The number of anilines is 1. The van der Waals surface area contributed by atoms with Crippen LogP contribution in [0.3, 0.4) is 0 Å².